The summed E-state index contributed by atoms with van der Waals surface area (Å²) in [5, 5.41) is 0. The maximum atomic E-state index is 12.4. The summed E-state index contributed by atoms with van der Waals surface area (Å²) in [4.78, 5) is 25.6. The maximum absolute atomic E-state index is 12.4. The van der Waals surface area contributed by atoms with E-state index in [4.69, 9.17) is 0 Å². The molecule has 0 unspecified atom stereocenters. The highest BCUT2D eigenvalue weighted by Gasteiger charge is 2.35. The topological polar surface area (TPSA) is 83.6 Å². The van der Waals surface area contributed by atoms with Crippen LogP contribution in [0.15, 0.2) is 48.5 Å². The summed E-state index contributed by atoms with van der Waals surface area (Å²) in [6.07, 6.45) is 0. The van der Waals surface area contributed by atoms with Gasteiger partial charge in [-0.05, 0) is 35.2 Å². The number of rotatable bonds is 5. The number of fused-ring (bicyclic) bond motifs is 1. The van der Waals surface area contributed by atoms with Crippen molar-refractivity contribution >= 4 is 27.5 Å². The Labute approximate surface area is 159 Å². The van der Waals surface area contributed by atoms with Gasteiger partial charge in [0, 0.05) is 12.2 Å². The van der Waals surface area contributed by atoms with Gasteiger partial charge in [-0.15, -0.1) is 0 Å². The third-order valence-electron chi connectivity index (χ3n) is 4.49. The summed E-state index contributed by atoms with van der Waals surface area (Å²) < 4.78 is 27.2. The number of benzene rings is 2. The Hall–Kier alpha value is -2.67. The summed E-state index contributed by atoms with van der Waals surface area (Å²) in [6.45, 7) is 6.04. The normalized spacial score (nSPS) is 14.4. The molecular weight excluding hydrogens is 364 g/mol. The monoisotopic (exact) mass is 386 g/mol. The fourth-order valence-electron chi connectivity index (χ4n) is 2.92. The molecule has 0 aromatic heterocycles. The molecule has 0 fully saturated rings. The van der Waals surface area contributed by atoms with Crippen LogP contribution in [-0.2, 0) is 15.4 Å². The molecule has 1 aliphatic rings. The number of sulfonamides is 1. The zero-order chi connectivity index (χ0) is 19.8. The van der Waals surface area contributed by atoms with Crippen LogP contribution >= 0.6 is 0 Å². The van der Waals surface area contributed by atoms with Crippen LogP contribution in [0.5, 0.6) is 0 Å². The predicted molar refractivity (Wildman–Crippen MR) is 104 cm³/mol. The van der Waals surface area contributed by atoms with Crippen molar-refractivity contribution in [3.63, 3.8) is 0 Å². The van der Waals surface area contributed by atoms with Crippen LogP contribution in [0, 0.1) is 0 Å². The molecule has 1 aliphatic heterocycles. The molecule has 2 aromatic carbocycles. The second-order valence-corrected chi connectivity index (χ2v) is 9.40. The molecule has 0 atom stereocenters. The van der Waals surface area contributed by atoms with E-state index < -0.39 is 21.8 Å². The lowest BCUT2D eigenvalue weighted by atomic mass is 9.87. The SMILES string of the molecule is CC(C)(C)c1ccc(NS(=O)(=O)CCN2C(=O)c3ccccc3C2=O)cc1. The summed E-state index contributed by atoms with van der Waals surface area (Å²) in [6, 6.07) is 13.7. The number of amides is 2. The van der Waals surface area contributed by atoms with Gasteiger partial charge in [0.15, 0.2) is 0 Å². The first-order valence-corrected chi connectivity index (χ1v) is 10.3. The number of nitrogens with one attached hydrogen (secondary N) is 1. The van der Waals surface area contributed by atoms with E-state index in [1.165, 1.54) is 0 Å². The number of hydrogen-bond donors (Lipinski definition) is 1. The Balaban J connectivity index is 1.66. The lowest BCUT2D eigenvalue weighted by Crippen LogP contribution is -2.35. The number of carbonyl (C=O) groups excluding carboxylic acids is 2. The third-order valence-corrected chi connectivity index (χ3v) is 5.75. The Kier molecular flexibility index (Phi) is 4.82. The molecule has 1 N–H and O–H groups in total. The minimum absolute atomic E-state index is 0.0249. The van der Waals surface area contributed by atoms with Crippen molar-refractivity contribution in [3.8, 4) is 0 Å². The first-order chi connectivity index (χ1) is 12.6. The van der Waals surface area contributed by atoms with E-state index in [1.54, 1.807) is 36.4 Å². The Morgan fingerprint density at radius 2 is 1.41 bits per heavy atom. The molecule has 0 saturated carbocycles. The Bertz CT molecular complexity index is 954. The van der Waals surface area contributed by atoms with E-state index in [0.717, 1.165) is 10.5 Å². The number of carbonyl (C=O) groups is 2. The van der Waals surface area contributed by atoms with Crippen molar-refractivity contribution in [2.45, 2.75) is 26.2 Å². The quantitative estimate of drug-likeness (QED) is 0.801. The van der Waals surface area contributed by atoms with Crippen LogP contribution in [0.4, 0.5) is 5.69 Å². The van der Waals surface area contributed by atoms with E-state index in [1.807, 2.05) is 12.1 Å². The first-order valence-electron chi connectivity index (χ1n) is 8.65. The van der Waals surface area contributed by atoms with E-state index in [2.05, 4.69) is 25.5 Å². The van der Waals surface area contributed by atoms with E-state index in [-0.39, 0.29) is 17.7 Å². The smallest absolute Gasteiger partial charge is 0.261 e. The van der Waals surface area contributed by atoms with Crippen LogP contribution in [-0.4, -0.2) is 37.4 Å². The number of imide groups is 1. The summed E-state index contributed by atoms with van der Waals surface area (Å²) >= 11 is 0. The van der Waals surface area contributed by atoms with Crippen LogP contribution in [0.3, 0.4) is 0 Å². The van der Waals surface area contributed by atoms with E-state index in [9.17, 15) is 18.0 Å². The molecule has 6 nitrogen and oxygen atoms in total. The molecule has 1 heterocycles. The van der Waals surface area contributed by atoms with Crippen molar-refractivity contribution in [2.24, 2.45) is 0 Å². The van der Waals surface area contributed by atoms with Gasteiger partial charge in [0.1, 0.15) is 0 Å². The third kappa shape index (κ3) is 4.03. The summed E-state index contributed by atoms with van der Waals surface area (Å²) in [5.74, 6) is -1.28. The van der Waals surface area contributed by atoms with Crippen molar-refractivity contribution in [1.82, 2.24) is 4.90 Å². The average molecular weight is 386 g/mol. The molecule has 0 spiro atoms. The van der Waals surface area contributed by atoms with Crippen LogP contribution in [0.25, 0.3) is 0 Å². The fraction of sp³-hybridized carbons (Fsp3) is 0.300. The second kappa shape index (κ2) is 6.81. The Morgan fingerprint density at radius 1 is 0.889 bits per heavy atom. The molecule has 7 heteroatoms. The van der Waals surface area contributed by atoms with Gasteiger partial charge in [0.25, 0.3) is 11.8 Å². The highest BCUT2D eigenvalue weighted by atomic mass is 32.2. The van der Waals surface area contributed by atoms with E-state index in [0.29, 0.717) is 16.8 Å². The number of hydrogen-bond acceptors (Lipinski definition) is 4. The standard InChI is InChI=1S/C20H22N2O4S/c1-20(2,3)14-8-10-15(11-9-14)21-27(25,26)13-12-22-18(23)16-6-4-5-7-17(16)19(22)24/h4-11,21H,12-13H2,1-3H3. The summed E-state index contributed by atoms with van der Waals surface area (Å²) in [5.41, 5.74) is 2.14. The average Bonchev–Trinajstić information content (AvgIpc) is 2.84. The molecular formula is C20H22N2O4S. The number of nitrogens with zero attached hydrogens (tertiary/aromatic N) is 1. The highest BCUT2D eigenvalue weighted by molar-refractivity contribution is 7.92. The highest BCUT2D eigenvalue weighted by Crippen LogP contribution is 2.24. The van der Waals surface area contributed by atoms with Crippen molar-refractivity contribution in [1.29, 1.82) is 0 Å². The minimum atomic E-state index is -3.70. The zero-order valence-corrected chi connectivity index (χ0v) is 16.3. The second-order valence-electron chi connectivity index (χ2n) is 7.56. The molecule has 2 aromatic rings. The minimum Gasteiger partial charge on any atom is -0.284 e. The van der Waals surface area contributed by atoms with Gasteiger partial charge >= 0.3 is 0 Å². The number of anilines is 1. The molecule has 27 heavy (non-hydrogen) atoms. The lowest BCUT2D eigenvalue weighted by molar-refractivity contribution is 0.0664. The van der Waals surface area contributed by atoms with Gasteiger partial charge in [-0.2, -0.15) is 0 Å². The molecule has 142 valence electrons. The molecule has 0 saturated heterocycles. The van der Waals surface area contributed by atoms with E-state index >= 15 is 0 Å². The van der Waals surface area contributed by atoms with Crippen LogP contribution in [0.1, 0.15) is 47.1 Å². The lowest BCUT2D eigenvalue weighted by Gasteiger charge is -2.19. The zero-order valence-electron chi connectivity index (χ0n) is 15.5. The van der Waals surface area contributed by atoms with Crippen molar-refractivity contribution < 1.29 is 18.0 Å². The van der Waals surface area contributed by atoms with Crippen LogP contribution < -0.4 is 4.72 Å². The first kappa shape index (κ1) is 19.1. The van der Waals surface area contributed by atoms with Gasteiger partial charge in [0.2, 0.25) is 10.0 Å². The van der Waals surface area contributed by atoms with Crippen molar-refractivity contribution in [3.05, 3.63) is 65.2 Å². The molecule has 0 radical (unpaired) electrons. The maximum Gasteiger partial charge on any atom is 0.261 e. The predicted octanol–water partition coefficient (Wildman–Crippen LogP) is 3.02. The molecule has 0 aliphatic carbocycles. The fourth-order valence-corrected chi connectivity index (χ4v) is 3.94. The molecule has 3 rings (SSSR count). The Morgan fingerprint density at radius 3 is 1.89 bits per heavy atom. The molecule has 0 bridgehead atoms. The molecule has 2 amide bonds. The van der Waals surface area contributed by atoms with Crippen LogP contribution in [0.2, 0.25) is 0 Å². The van der Waals surface area contributed by atoms with Gasteiger partial charge < -0.3 is 0 Å². The largest absolute Gasteiger partial charge is 0.284 e. The van der Waals surface area contributed by atoms with Gasteiger partial charge in [-0.25, -0.2) is 8.42 Å². The summed E-state index contributed by atoms with van der Waals surface area (Å²) in [7, 11) is -3.70. The van der Waals surface area contributed by atoms with Gasteiger partial charge in [-0.1, -0.05) is 45.0 Å². The van der Waals surface area contributed by atoms with Gasteiger partial charge in [-0.3, -0.25) is 19.2 Å². The van der Waals surface area contributed by atoms with Gasteiger partial charge in [0.05, 0.1) is 16.9 Å². The van der Waals surface area contributed by atoms with Crippen molar-refractivity contribution in [2.75, 3.05) is 17.0 Å².